The molecule has 0 radical (unpaired) electrons. The van der Waals surface area contributed by atoms with Gasteiger partial charge in [0, 0.05) is 36.8 Å². The van der Waals surface area contributed by atoms with Crippen LogP contribution >= 0.6 is 15.9 Å². The van der Waals surface area contributed by atoms with Gasteiger partial charge in [-0.25, -0.2) is 14.6 Å². The quantitative estimate of drug-likeness (QED) is 0.838. The maximum absolute atomic E-state index is 6.01. The lowest BCUT2D eigenvalue weighted by Crippen LogP contribution is -2.50. The highest BCUT2D eigenvalue weighted by Gasteiger charge is 2.19. The molecule has 3 heterocycles. The largest absolute Gasteiger partial charge is 0.368 e. The molecule has 2 aromatic rings. The summed E-state index contributed by atoms with van der Waals surface area (Å²) in [6.45, 7) is 3.92. The summed E-state index contributed by atoms with van der Waals surface area (Å²) in [4.78, 5) is 11.1. The van der Waals surface area contributed by atoms with Crippen molar-refractivity contribution in [2.24, 2.45) is 0 Å². The number of hydrogen-bond acceptors (Lipinski definition) is 5. The van der Waals surface area contributed by atoms with Crippen LogP contribution < -0.4 is 10.7 Å². The van der Waals surface area contributed by atoms with Gasteiger partial charge in [0.1, 0.15) is 5.52 Å². The van der Waals surface area contributed by atoms with E-state index in [1.165, 1.54) is 0 Å². The Labute approximate surface area is 113 Å². The van der Waals surface area contributed by atoms with Gasteiger partial charge in [0.25, 0.3) is 0 Å². The van der Waals surface area contributed by atoms with Gasteiger partial charge in [-0.05, 0) is 29.0 Å². The summed E-state index contributed by atoms with van der Waals surface area (Å²) in [5.41, 5.74) is 7.65. The first-order chi connectivity index (χ1) is 8.65. The van der Waals surface area contributed by atoms with E-state index in [9.17, 15) is 0 Å². The van der Waals surface area contributed by atoms with E-state index in [1.54, 1.807) is 6.20 Å². The molecule has 1 fully saturated rings. The van der Waals surface area contributed by atoms with E-state index in [0.29, 0.717) is 5.95 Å². The lowest BCUT2D eigenvalue weighted by molar-refractivity contribution is 0.290. The Morgan fingerprint density at radius 2 is 2.00 bits per heavy atom. The number of piperazine rings is 1. The molecular formula is C11H15BrN6. The maximum Gasteiger partial charge on any atom is 0.222 e. The molecule has 0 aliphatic carbocycles. The second-order valence-corrected chi connectivity index (χ2v) is 5.45. The Morgan fingerprint density at radius 1 is 1.28 bits per heavy atom. The summed E-state index contributed by atoms with van der Waals surface area (Å²) in [5, 5.41) is 2.20. The van der Waals surface area contributed by atoms with Crippen LogP contribution in [0.4, 0.5) is 5.95 Å². The average molecular weight is 311 g/mol. The van der Waals surface area contributed by atoms with Crippen molar-refractivity contribution in [2.75, 3.05) is 44.0 Å². The second kappa shape index (κ2) is 4.40. The third kappa shape index (κ3) is 1.93. The summed E-state index contributed by atoms with van der Waals surface area (Å²) in [7, 11) is 2.13. The fourth-order valence-electron chi connectivity index (χ4n) is 2.22. The van der Waals surface area contributed by atoms with E-state index in [4.69, 9.17) is 5.73 Å². The summed E-state index contributed by atoms with van der Waals surface area (Å²) in [6, 6.07) is 1.94. The summed E-state index contributed by atoms with van der Waals surface area (Å²) < 4.78 is 2.84. The Morgan fingerprint density at radius 3 is 2.72 bits per heavy atom. The van der Waals surface area contributed by atoms with Crippen LogP contribution in [-0.2, 0) is 0 Å². The molecule has 1 aliphatic heterocycles. The van der Waals surface area contributed by atoms with Crippen molar-refractivity contribution in [3.63, 3.8) is 0 Å². The number of halogens is 1. The van der Waals surface area contributed by atoms with E-state index in [0.717, 1.165) is 41.8 Å². The predicted molar refractivity (Wildman–Crippen MR) is 75.1 cm³/mol. The van der Waals surface area contributed by atoms with Gasteiger partial charge in [0.2, 0.25) is 5.95 Å². The van der Waals surface area contributed by atoms with Gasteiger partial charge >= 0.3 is 0 Å². The minimum absolute atomic E-state index is 0.500. The average Bonchev–Trinajstić information content (AvgIpc) is 2.65. The standard InChI is InChI=1S/C11H15BrN6/c1-16-2-4-17(5-3-16)18-10-9(15-11(18)13)6-8(12)7-14-10/h6-7H,2-5H2,1H3,(H2,13,15). The van der Waals surface area contributed by atoms with Gasteiger partial charge in [-0.2, -0.15) is 0 Å². The van der Waals surface area contributed by atoms with Crippen molar-refractivity contribution in [3.8, 4) is 0 Å². The predicted octanol–water partition coefficient (Wildman–Crippen LogP) is 0.659. The lowest BCUT2D eigenvalue weighted by Gasteiger charge is -2.34. The van der Waals surface area contributed by atoms with Crippen molar-refractivity contribution >= 4 is 33.0 Å². The molecule has 2 aromatic heterocycles. The van der Waals surface area contributed by atoms with Gasteiger partial charge < -0.3 is 15.6 Å². The molecule has 0 amide bonds. The molecule has 0 atom stereocenters. The lowest BCUT2D eigenvalue weighted by atomic mass is 10.4. The van der Waals surface area contributed by atoms with E-state index in [-0.39, 0.29) is 0 Å². The Bertz CT molecular complexity index is 572. The number of nitrogen functional groups attached to an aromatic ring is 1. The van der Waals surface area contributed by atoms with Crippen molar-refractivity contribution in [1.82, 2.24) is 19.5 Å². The van der Waals surface area contributed by atoms with Crippen molar-refractivity contribution in [3.05, 3.63) is 16.7 Å². The zero-order valence-electron chi connectivity index (χ0n) is 10.2. The van der Waals surface area contributed by atoms with Gasteiger partial charge in [-0.3, -0.25) is 0 Å². The summed E-state index contributed by atoms with van der Waals surface area (Å²) in [5.74, 6) is 0.500. The van der Waals surface area contributed by atoms with Crippen LogP contribution in [-0.4, -0.2) is 52.8 Å². The molecule has 0 aromatic carbocycles. The first-order valence-electron chi connectivity index (χ1n) is 5.88. The zero-order valence-corrected chi connectivity index (χ0v) is 11.8. The number of anilines is 1. The summed E-state index contributed by atoms with van der Waals surface area (Å²) >= 11 is 3.40. The van der Waals surface area contributed by atoms with Crippen LogP contribution in [0.2, 0.25) is 0 Å². The molecule has 1 aliphatic rings. The molecule has 2 N–H and O–H groups in total. The first-order valence-corrected chi connectivity index (χ1v) is 6.68. The molecule has 0 spiro atoms. The molecular weight excluding hydrogens is 296 g/mol. The van der Waals surface area contributed by atoms with Gasteiger partial charge in [-0.15, -0.1) is 0 Å². The van der Waals surface area contributed by atoms with Crippen molar-refractivity contribution in [1.29, 1.82) is 0 Å². The highest BCUT2D eigenvalue weighted by molar-refractivity contribution is 9.10. The topological polar surface area (TPSA) is 63.2 Å². The third-order valence-corrected chi connectivity index (χ3v) is 3.66. The number of nitrogens with zero attached hydrogens (tertiary/aromatic N) is 5. The number of imidazole rings is 1. The molecule has 1 saturated heterocycles. The van der Waals surface area contributed by atoms with Crippen LogP contribution in [0, 0.1) is 0 Å². The fraction of sp³-hybridized carbons (Fsp3) is 0.455. The number of hydrogen-bond donors (Lipinski definition) is 1. The SMILES string of the molecule is CN1CCN(n2c(N)nc3cc(Br)cnc32)CC1. The third-order valence-electron chi connectivity index (χ3n) is 3.23. The van der Waals surface area contributed by atoms with Crippen LogP contribution in [0.1, 0.15) is 0 Å². The zero-order chi connectivity index (χ0) is 12.7. The minimum atomic E-state index is 0.500. The van der Waals surface area contributed by atoms with Crippen molar-refractivity contribution < 1.29 is 0 Å². The molecule has 0 saturated carbocycles. The minimum Gasteiger partial charge on any atom is -0.368 e. The van der Waals surface area contributed by atoms with Crippen LogP contribution in [0.3, 0.4) is 0 Å². The monoisotopic (exact) mass is 310 g/mol. The van der Waals surface area contributed by atoms with E-state index >= 15 is 0 Å². The number of fused-ring (bicyclic) bond motifs is 1. The van der Waals surface area contributed by atoms with Crippen LogP contribution in [0.25, 0.3) is 11.2 Å². The number of rotatable bonds is 1. The molecule has 96 valence electrons. The van der Waals surface area contributed by atoms with Crippen molar-refractivity contribution in [2.45, 2.75) is 0 Å². The molecule has 6 nitrogen and oxygen atoms in total. The number of aromatic nitrogens is 3. The highest BCUT2D eigenvalue weighted by atomic mass is 79.9. The number of likely N-dealkylation sites (N-methyl/N-ethyl adjacent to an activating group) is 1. The van der Waals surface area contributed by atoms with Gasteiger partial charge in [-0.1, -0.05) is 0 Å². The molecule has 0 bridgehead atoms. The van der Waals surface area contributed by atoms with Gasteiger partial charge in [0.15, 0.2) is 5.65 Å². The van der Waals surface area contributed by atoms with E-state index in [1.807, 2.05) is 10.7 Å². The normalized spacial score (nSPS) is 17.6. The molecule has 0 unspecified atom stereocenters. The smallest absolute Gasteiger partial charge is 0.222 e. The maximum atomic E-state index is 6.01. The van der Waals surface area contributed by atoms with Gasteiger partial charge in [0.05, 0.1) is 0 Å². The molecule has 18 heavy (non-hydrogen) atoms. The second-order valence-electron chi connectivity index (χ2n) is 4.54. The molecule has 3 rings (SSSR count). The highest BCUT2D eigenvalue weighted by Crippen LogP contribution is 2.20. The Hall–Kier alpha value is -1.34. The Balaban J connectivity index is 2.03. The van der Waals surface area contributed by atoms with Crippen LogP contribution in [0.15, 0.2) is 16.7 Å². The fourth-order valence-corrected chi connectivity index (χ4v) is 2.54. The van der Waals surface area contributed by atoms with E-state index in [2.05, 4.69) is 42.9 Å². The number of pyridine rings is 1. The van der Waals surface area contributed by atoms with E-state index < -0.39 is 0 Å². The Kier molecular flexibility index (Phi) is 2.87. The van der Waals surface area contributed by atoms with Crippen LogP contribution in [0.5, 0.6) is 0 Å². The summed E-state index contributed by atoms with van der Waals surface area (Å²) in [6.07, 6.45) is 1.77. The number of nitrogens with two attached hydrogens (primary N) is 1. The first kappa shape index (κ1) is 11.7. The molecule has 7 heteroatoms.